The fourth-order valence-electron chi connectivity index (χ4n) is 2.59. The molecule has 2 aliphatic heterocycles. The van der Waals surface area contributed by atoms with E-state index >= 15 is 0 Å². The molecule has 0 fully saturated rings. The summed E-state index contributed by atoms with van der Waals surface area (Å²) in [5.74, 6) is 0.309. The lowest BCUT2D eigenvalue weighted by atomic mass is 9.82. The SMILES string of the molecule is CCCN1C=C2C(O)=CC=C3N=C(C)C=CC32N1. The van der Waals surface area contributed by atoms with E-state index in [0.29, 0.717) is 5.76 Å². The van der Waals surface area contributed by atoms with E-state index in [0.717, 1.165) is 29.9 Å². The third-order valence-corrected chi connectivity index (χ3v) is 3.44. The Balaban J connectivity index is 2.07. The molecule has 2 N–H and O–H groups in total. The van der Waals surface area contributed by atoms with E-state index in [1.165, 1.54) is 0 Å². The van der Waals surface area contributed by atoms with E-state index in [9.17, 15) is 5.11 Å². The van der Waals surface area contributed by atoms with Crippen molar-refractivity contribution in [3.63, 3.8) is 0 Å². The van der Waals surface area contributed by atoms with Crippen molar-refractivity contribution in [1.82, 2.24) is 10.4 Å². The number of nitrogens with zero attached hydrogens (tertiary/aromatic N) is 2. The van der Waals surface area contributed by atoms with Crippen molar-refractivity contribution in [2.24, 2.45) is 4.99 Å². The third kappa shape index (κ3) is 1.46. The highest BCUT2D eigenvalue weighted by Crippen LogP contribution is 2.41. The molecule has 94 valence electrons. The molecule has 0 amide bonds. The molecule has 1 atom stereocenters. The fourth-order valence-corrected chi connectivity index (χ4v) is 2.59. The van der Waals surface area contributed by atoms with Crippen LogP contribution >= 0.6 is 0 Å². The van der Waals surface area contributed by atoms with Crippen LogP contribution in [0.25, 0.3) is 0 Å². The van der Waals surface area contributed by atoms with Crippen LogP contribution in [0.15, 0.2) is 52.5 Å². The molecule has 2 heterocycles. The number of rotatable bonds is 2. The fraction of sp³-hybridized carbons (Fsp3) is 0.357. The Hall–Kier alpha value is -1.81. The monoisotopic (exact) mass is 243 g/mol. The van der Waals surface area contributed by atoms with Crippen molar-refractivity contribution in [1.29, 1.82) is 0 Å². The van der Waals surface area contributed by atoms with Crippen LogP contribution < -0.4 is 5.43 Å². The summed E-state index contributed by atoms with van der Waals surface area (Å²) in [7, 11) is 0. The van der Waals surface area contributed by atoms with Crippen LogP contribution in [0.3, 0.4) is 0 Å². The highest BCUT2D eigenvalue weighted by Gasteiger charge is 2.46. The van der Waals surface area contributed by atoms with E-state index < -0.39 is 5.54 Å². The predicted octanol–water partition coefficient (Wildman–Crippen LogP) is 2.21. The molecule has 4 heteroatoms. The maximum absolute atomic E-state index is 10.1. The van der Waals surface area contributed by atoms with Crippen molar-refractivity contribution in [2.45, 2.75) is 25.8 Å². The Morgan fingerprint density at radius 1 is 1.44 bits per heavy atom. The van der Waals surface area contributed by atoms with Crippen LogP contribution in [0.4, 0.5) is 0 Å². The van der Waals surface area contributed by atoms with E-state index in [2.05, 4.69) is 23.4 Å². The maximum atomic E-state index is 10.1. The molecule has 1 spiro atoms. The zero-order valence-corrected chi connectivity index (χ0v) is 10.6. The molecule has 0 aromatic rings. The Kier molecular flexibility index (Phi) is 2.41. The molecule has 3 rings (SSSR count). The minimum atomic E-state index is -0.479. The number of aliphatic hydroxyl groups is 1. The van der Waals surface area contributed by atoms with Gasteiger partial charge in [0, 0.05) is 24.0 Å². The summed E-state index contributed by atoms with van der Waals surface area (Å²) < 4.78 is 0. The summed E-state index contributed by atoms with van der Waals surface area (Å²) in [5, 5.41) is 12.1. The third-order valence-electron chi connectivity index (χ3n) is 3.44. The summed E-state index contributed by atoms with van der Waals surface area (Å²) in [6.07, 6.45) is 10.7. The molecule has 0 aromatic carbocycles. The van der Waals surface area contributed by atoms with Crippen molar-refractivity contribution in [3.05, 3.63) is 47.5 Å². The molecule has 0 saturated carbocycles. The molecule has 0 bridgehead atoms. The summed E-state index contributed by atoms with van der Waals surface area (Å²) in [6.45, 7) is 5.01. The second-order valence-electron chi connectivity index (χ2n) is 4.85. The van der Waals surface area contributed by atoms with E-state index in [4.69, 9.17) is 0 Å². The van der Waals surface area contributed by atoms with Crippen LogP contribution in [0, 0.1) is 0 Å². The van der Waals surface area contributed by atoms with Gasteiger partial charge in [-0.3, -0.25) is 4.99 Å². The minimum Gasteiger partial charge on any atom is -0.508 e. The number of hydrogen-bond acceptors (Lipinski definition) is 4. The van der Waals surface area contributed by atoms with Crippen molar-refractivity contribution >= 4 is 5.71 Å². The second-order valence-corrected chi connectivity index (χ2v) is 4.85. The van der Waals surface area contributed by atoms with Crippen LogP contribution in [-0.2, 0) is 0 Å². The van der Waals surface area contributed by atoms with E-state index in [-0.39, 0.29) is 0 Å². The molecular formula is C14H17N3O. The van der Waals surface area contributed by atoms with Crippen molar-refractivity contribution in [2.75, 3.05) is 6.54 Å². The largest absolute Gasteiger partial charge is 0.508 e. The van der Waals surface area contributed by atoms with Gasteiger partial charge in [0.25, 0.3) is 0 Å². The summed E-state index contributed by atoms with van der Waals surface area (Å²) in [6, 6.07) is 0. The smallest absolute Gasteiger partial charge is 0.127 e. The summed E-state index contributed by atoms with van der Waals surface area (Å²) in [5.41, 5.74) is 5.75. The molecule has 4 nitrogen and oxygen atoms in total. The normalized spacial score (nSPS) is 29.1. The molecule has 0 saturated heterocycles. The number of hydrazine groups is 1. The second kappa shape index (κ2) is 3.85. The number of hydrogen-bond donors (Lipinski definition) is 2. The van der Waals surface area contributed by atoms with Gasteiger partial charge in [0.1, 0.15) is 11.3 Å². The first-order chi connectivity index (χ1) is 8.65. The first kappa shape index (κ1) is 11.3. The van der Waals surface area contributed by atoms with Gasteiger partial charge in [-0.25, -0.2) is 5.43 Å². The molecule has 18 heavy (non-hydrogen) atoms. The summed E-state index contributed by atoms with van der Waals surface area (Å²) in [4.78, 5) is 4.57. The van der Waals surface area contributed by atoms with Gasteiger partial charge in [-0.1, -0.05) is 13.0 Å². The van der Waals surface area contributed by atoms with Crippen molar-refractivity contribution < 1.29 is 5.11 Å². The molecule has 1 aliphatic carbocycles. The van der Waals surface area contributed by atoms with Crippen LogP contribution in [-0.4, -0.2) is 27.9 Å². The van der Waals surface area contributed by atoms with Gasteiger partial charge in [-0.05, 0) is 31.6 Å². The van der Waals surface area contributed by atoms with Gasteiger partial charge in [-0.2, -0.15) is 0 Å². The first-order valence-electron chi connectivity index (χ1n) is 6.29. The highest BCUT2D eigenvalue weighted by atomic mass is 16.3. The molecule has 3 aliphatic rings. The lowest BCUT2D eigenvalue weighted by Gasteiger charge is -2.35. The zero-order valence-electron chi connectivity index (χ0n) is 10.6. The van der Waals surface area contributed by atoms with Gasteiger partial charge in [0.15, 0.2) is 0 Å². The Labute approximate surface area is 107 Å². The molecule has 0 radical (unpaired) electrons. The van der Waals surface area contributed by atoms with E-state index in [1.807, 2.05) is 30.3 Å². The average molecular weight is 243 g/mol. The highest BCUT2D eigenvalue weighted by molar-refractivity contribution is 5.95. The first-order valence-corrected chi connectivity index (χ1v) is 6.29. The topological polar surface area (TPSA) is 47.9 Å². The van der Waals surface area contributed by atoms with Crippen LogP contribution in [0.5, 0.6) is 0 Å². The number of nitrogens with one attached hydrogen (secondary N) is 1. The maximum Gasteiger partial charge on any atom is 0.127 e. The Morgan fingerprint density at radius 3 is 3.06 bits per heavy atom. The zero-order chi connectivity index (χ0) is 12.8. The standard InChI is InChI=1S/C14H17N3O/c1-3-8-17-9-11-12(18)4-5-13-14(11,16-17)7-6-10(2)15-13/h4-7,9,16,18H,3,8H2,1-2H3. The predicted molar refractivity (Wildman–Crippen MR) is 72.0 cm³/mol. The number of dihydropyridines is 1. The quantitative estimate of drug-likeness (QED) is 0.781. The molecule has 1 unspecified atom stereocenters. The van der Waals surface area contributed by atoms with Gasteiger partial charge in [0.05, 0.1) is 5.70 Å². The number of aliphatic imine (C=N–C) groups is 1. The average Bonchev–Trinajstić information content (AvgIpc) is 2.71. The van der Waals surface area contributed by atoms with Gasteiger partial charge in [-0.15, -0.1) is 0 Å². The van der Waals surface area contributed by atoms with Gasteiger partial charge >= 0.3 is 0 Å². The van der Waals surface area contributed by atoms with Crippen molar-refractivity contribution in [3.8, 4) is 0 Å². The lowest BCUT2D eigenvalue weighted by Crippen LogP contribution is -2.50. The minimum absolute atomic E-state index is 0.309. The Morgan fingerprint density at radius 2 is 2.28 bits per heavy atom. The Bertz CT molecular complexity index is 539. The van der Waals surface area contributed by atoms with Crippen LogP contribution in [0.1, 0.15) is 20.3 Å². The summed E-state index contributed by atoms with van der Waals surface area (Å²) >= 11 is 0. The van der Waals surface area contributed by atoms with Crippen LogP contribution in [0.2, 0.25) is 0 Å². The molecular weight excluding hydrogens is 226 g/mol. The van der Waals surface area contributed by atoms with Gasteiger partial charge < -0.3 is 10.1 Å². The lowest BCUT2D eigenvalue weighted by molar-refractivity contribution is 0.253. The number of allylic oxidation sites excluding steroid dienone is 3. The molecule has 0 aromatic heterocycles. The van der Waals surface area contributed by atoms with E-state index in [1.54, 1.807) is 6.08 Å². The van der Waals surface area contributed by atoms with Gasteiger partial charge in [0.2, 0.25) is 0 Å². The number of aliphatic hydroxyl groups excluding tert-OH is 1.